The molecule has 1 amide bonds. The van der Waals surface area contributed by atoms with Gasteiger partial charge in [0.05, 0.1) is 22.8 Å². The zero-order chi connectivity index (χ0) is 22.5. The monoisotopic (exact) mass is 458 g/mol. The lowest BCUT2D eigenvalue weighted by atomic mass is 10.1. The van der Waals surface area contributed by atoms with Crippen molar-refractivity contribution >= 4 is 27.3 Å². The molecule has 1 saturated carbocycles. The van der Waals surface area contributed by atoms with Gasteiger partial charge in [0.15, 0.2) is 12.4 Å². The highest BCUT2D eigenvalue weighted by Crippen LogP contribution is 2.40. The Hall–Kier alpha value is -3.47. The van der Waals surface area contributed by atoms with Gasteiger partial charge in [-0.1, -0.05) is 17.3 Å². The Morgan fingerprint density at radius 1 is 1.25 bits per heavy atom. The molecule has 5 rings (SSSR count). The summed E-state index contributed by atoms with van der Waals surface area (Å²) in [6.07, 6.45) is 2.02. The molecule has 1 aliphatic heterocycles. The number of rotatable bonds is 6. The van der Waals surface area contributed by atoms with Crippen LogP contribution in [-0.2, 0) is 21.4 Å². The van der Waals surface area contributed by atoms with Crippen molar-refractivity contribution in [3.05, 3.63) is 59.5 Å². The van der Waals surface area contributed by atoms with Crippen LogP contribution in [0.2, 0.25) is 0 Å². The second kappa shape index (κ2) is 7.59. The van der Waals surface area contributed by atoms with E-state index in [4.69, 9.17) is 9.26 Å². The van der Waals surface area contributed by atoms with Gasteiger partial charge in [-0.3, -0.25) is 14.4 Å². The Labute approximate surface area is 183 Å². The van der Waals surface area contributed by atoms with Crippen LogP contribution in [0.4, 0.5) is 15.8 Å². The molecule has 1 fully saturated rings. The van der Waals surface area contributed by atoms with Crippen molar-refractivity contribution in [3.8, 4) is 5.75 Å². The fourth-order valence-electron chi connectivity index (χ4n) is 3.51. The average Bonchev–Trinajstić information content (AvgIpc) is 3.50. The smallest absolute Gasteiger partial charge is 0.265 e. The number of amides is 1. The molecule has 11 heteroatoms. The van der Waals surface area contributed by atoms with Crippen molar-refractivity contribution in [2.45, 2.75) is 37.1 Å². The van der Waals surface area contributed by atoms with Crippen LogP contribution in [0.15, 0.2) is 45.8 Å². The summed E-state index contributed by atoms with van der Waals surface area (Å²) in [5, 5.41) is 3.95. The lowest BCUT2D eigenvalue weighted by molar-refractivity contribution is -0.121. The molecule has 0 radical (unpaired) electrons. The van der Waals surface area contributed by atoms with E-state index in [1.54, 1.807) is 13.0 Å². The Bertz CT molecular complexity index is 1320. The highest BCUT2D eigenvalue weighted by atomic mass is 32.2. The molecule has 1 N–H and O–H groups in total. The number of hydrogen-bond acceptors (Lipinski definition) is 7. The van der Waals surface area contributed by atoms with Crippen LogP contribution in [0.3, 0.4) is 0 Å². The average molecular weight is 458 g/mol. The first-order valence-electron chi connectivity index (χ1n) is 9.99. The number of benzene rings is 2. The Kier molecular flexibility index (Phi) is 4.85. The predicted octanol–water partition coefficient (Wildman–Crippen LogP) is 3.12. The molecule has 2 heterocycles. The maximum atomic E-state index is 14.0. The van der Waals surface area contributed by atoms with E-state index in [0.29, 0.717) is 28.9 Å². The van der Waals surface area contributed by atoms with Gasteiger partial charge in [-0.05, 0) is 43.5 Å². The van der Waals surface area contributed by atoms with E-state index in [1.165, 1.54) is 29.2 Å². The standard InChI is InChI=1S/C21H19FN4O5S/c1-12-8-16-17(9-18(12)32(28,29)25-15-5-3-2-4-14(15)22)30-11-20(27)26(16)10-19-23-21(31-24-19)13-6-7-13/h2-5,8-9,13,25H,6-7,10-11H2,1H3. The van der Waals surface area contributed by atoms with Gasteiger partial charge < -0.3 is 9.26 Å². The number of halogens is 1. The van der Waals surface area contributed by atoms with Crippen molar-refractivity contribution in [1.29, 1.82) is 0 Å². The van der Waals surface area contributed by atoms with Crippen molar-refractivity contribution in [2.24, 2.45) is 0 Å². The van der Waals surface area contributed by atoms with E-state index in [1.807, 2.05) is 0 Å². The minimum Gasteiger partial charge on any atom is -0.482 e. The number of nitrogens with one attached hydrogen (secondary N) is 1. The SMILES string of the molecule is Cc1cc2c(cc1S(=O)(=O)Nc1ccccc1F)OCC(=O)N2Cc1noc(C2CC2)n1. The van der Waals surface area contributed by atoms with E-state index in [9.17, 15) is 17.6 Å². The first kappa shape index (κ1) is 20.4. The summed E-state index contributed by atoms with van der Waals surface area (Å²) in [6.45, 7) is 1.40. The first-order chi connectivity index (χ1) is 15.3. The summed E-state index contributed by atoms with van der Waals surface area (Å²) in [5.41, 5.74) is 0.606. The second-order valence-electron chi connectivity index (χ2n) is 7.76. The number of carbonyl (C=O) groups excluding carboxylic acids is 1. The Morgan fingerprint density at radius 3 is 2.78 bits per heavy atom. The molecular formula is C21H19FN4O5S. The lowest BCUT2D eigenvalue weighted by Crippen LogP contribution is -2.38. The number of aromatic nitrogens is 2. The third-order valence-electron chi connectivity index (χ3n) is 5.32. The quantitative estimate of drug-likeness (QED) is 0.604. The molecule has 0 unspecified atom stereocenters. The van der Waals surface area contributed by atoms with Crippen LogP contribution < -0.4 is 14.4 Å². The summed E-state index contributed by atoms with van der Waals surface area (Å²) in [4.78, 5) is 18.2. The number of aryl methyl sites for hydroxylation is 1. The molecule has 2 aromatic carbocycles. The van der Waals surface area contributed by atoms with E-state index in [2.05, 4.69) is 14.9 Å². The van der Waals surface area contributed by atoms with E-state index in [-0.39, 0.29) is 35.4 Å². The van der Waals surface area contributed by atoms with Gasteiger partial charge in [-0.2, -0.15) is 4.98 Å². The van der Waals surface area contributed by atoms with Gasteiger partial charge in [-0.25, -0.2) is 12.8 Å². The maximum Gasteiger partial charge on any atom is 0.265 e. The van der Waals surface area contributed by atoms with Crippen molar-refractivity contribution in [1.82, 2.24) is 10.1 Å². The number of sulfonamides is 1. The molecule has 3 aromatic rings. The lowest BCUT2D eigenvalue weighted by Gasteiger charge is -2.29. The van der Waals surface area contributed by atoms with Gasteiger partial charge in [-0.15, -0.1) is 0 Å². The van der Waals surface area contributed by atoms with Gasteiger partial charge in [0.1, 0.15) is 11.6 Å². The number of carbonyl (C=O) groups is 1. The summed E-state index contributed by atoms with van der Waals surface area (Å²) in [5.74, 6) is 0.442. The van der Waals surface area contributed by atoms with Crippen LogP contribution in [0, 0.1) is 12.7 Å². The zero-order valence-electron chi connectivity index (χ0n) is 17.0. The third-order valence-corrected chi connectivity index (χ3v) is 6.82. The van der Waals surface area contributed by atoms with E-state index < -0.39 is 15.8 Å². The highest BCUT2D eigenvalue weighted by molar-refractivity contribution is 7.92. The van der Waals surface area contributed by atoms with Gasteiger partial charge >= 0.3 is 0 Å². The molecule has 0 saturated heterocycles. The van der Waals surface area contributed by atoms with Crippen LogP contribution >= 0.6 is 0 Å². The molecule has 9 nitrogen and oxygen atoms in total. The maximum absolute atomic E-state index is 14.0. The number of nitrogens with zero attached hydrogens (tertiary/aromatic N) is 3. The van der Waals surface area contributed by atoms with Crippen LogP contribution in [0.1, 0.15) is 36.0 Å². The highest BCUT2D eigenvalue weighted by Gasteiger charge is 2.33. The van der Waals surface area contributed by atoms with Gasteiger partial charge in [0, 0.05) is 12.0 Å². The van der Waals surface area contributed by atoms with Crippen molar-refractivity contribution in [3.63, 3.8) is 0 Å². The number of fused-ring (bicyclic) bond motifs is 1. The normalized spacial score (nSPS) is 15.9. The Balaban J connectivity index is 1.46. The van der Waals surface area contributed by atoms with E-state index in [0.717, 1.165) is 18.9 Å². The largest absolute Gasteiger partial charge is 0.482 e. The van der Waals surface area contributed by atoms with Crippen LogP contribution in [0.25, 0.3) is 0 Å². The fourth-order valence-corrected chi connectivity index (χ4v) is 4.82. The summed E-state index contributed by atoms with van der Waals surface area (Å²) < 4.78 is 52.8. The summed E-state index contributed by atoms with van der Waals surface area (Å²) in [6, 6.07) is 8.37. The van der Waals surface area contributed by atoms with Gasteiger partial charge in [0.25, 0.3) is 15.9 Å². The molecule has 0 atom stereocenters. The fraction of sp³-hybridized carbons (Fsp3) is 0.286. The number of ether oxygens (including phenoxy) is 1. The number of anilines is 2. The summed E-state index contributed by atoms with van der Waals surface area (Å²) >= 11 is 0. The van der Waals surface area contributed by atoms with Crippen molar-refractivity contribution < 1.29 is 26.9 Å². The molecule has 1 aromatic heterocycles. The minimum atomic E-state index is -4.10. The van der Waals surface area contributed by atoms with E-state index >= 15 is 0 Å². The zero-order valence-corrected chi connectivity index (χ0v) is 17.9. The number of hydrogen-bond donors (Lipinski definition) is 1. The molecule has 1 aliphatic carbocycles. The molecular weight excluding hydrogens is 439 g/mol. The third kappa shape index (κ3) is 3.79. The van der Waals surface area contributed by atoms with Crippen molar-refractivity contribution in [2.75, 3.05) is 16.2 Å². The molecule has 0 bridgehead atoms. The van der Waals surface area contributed by atoms with Gasteiger partial charge in [0.2, 0.25) is 5.89 Å². The topological polar surface area (TPSA) is 115 Å². The summed E-state index contributed by atoms with van der Waals surface area (Å²) in [7, 11) is -4.10. The first-order valence-corrected chi connectivity index (χ1v) is 11.5. The Morgan fingerprint density at radius 2 is 2.03 bits per heavy atom. The van der Waals surface area contributed by atoms with Crippen LogP contribution in [-0.4, -0.2) is 31.1 Å². The molecule has 2 aliphatic rings. The minimum absolute atomic E-state index is 0.0738. The molecule has 166 valence electrons. The molecule has 32 heavy (non-hydrogen) atoms. The van der Waals surface area contributed by atoms with Crippen LogP contribution in [0.5, 0.6) is 5.75 Å². The number of para-hydroxylation sites is 1. The predicted molar refractivity (Wildman–Crippen MR) is 111 cm³/mol. The second-order valence-corrected chi connectivity index (χ2v) is 9.41. The molecule has 0 spiro atoms.